The Morgan fingerprint density at radius 1 is 0.303 bits per heavy atom. The molecule has 17 aromatic rings. The lowest BCUT2D eigenvalue weighted by molar-refractivity contribution is 0.355. The summed E-state index contributed by atoms with van der Waals surface area (Å²) in [6, 6.07) is 48.4. The van der Waals surface area contributed by atoms with Gasteiger partial charge in [-0.15, -0.1) is 0 Å². The van der Waals surface area contributed by atoms with Crippen molar-refractivity contribution in [2.45, 2.75) is 25.9 Å². The number of benzene rings is 3. The van der Waals surface area contributed by atoms with Gasteiger partial charge in [-0.25, -0.2) is 48.1 Å². The molecule has 132 heavy (non-hydrogen) atoms. The highest BCUT2D eigenvalue weighted by molar-refractivity contribution is 5.71. The number of piperazine rings is 5. The molecular formula is C97H97F3N24O8. The number of anilines is 5. The minimum absolute atomic E-state index is 0.0762. The molecule has 0 radical (unpaired) electrons. The molecule has 0 amide bonds. The average molecular weight is 1780 g/mol. The van der Waals surface area contributed by atoms with Crippen LogP contribution in [0.15, 0.2) is 262 Å². The standard InChI is InChI=1S/C20H21FN4O2.C20H22N4O3.C19H18F2N4O.2C19H18N6O/c1-13-11-24(8-7-22-13)15-4-6-19-23-17(10-20(26)25(19)12-15)14-3-5-18(27-2)16(21)9-14;1-26-17-5-3-14(11-18(17)27-2)16-12-20(25)24-13-15(4-6-19(24)22-16)23-9-7-21-8-10-23;1-12-10-24(5-4-22-12)16-2-3-18-23-17(9-19(26)25(18)11-16)13-6-14(20)8-15(21)7-13;26-19-11-16(14-1-3-17-21-7-10-24(17)12-14)22-18-4-2-15(13-25(18)19)23-8-5-20-6-9-23;26-19-12-16(14-3-7-24-10-6-21-18(24)11-14)22-17-2-1-15(13-25(17)19)23-8-4-20-5-9-23/h3-6,9-10,12-13,22H,7-8,11H2,1-2H3;3-6,11-13,21H,7-10H2,1-2H3;2-3,6-9,11-12,22H,4-5,10H2,1H3;1-4,7,10-13,20H,5-6,8-9H2;1-3,6-7,10-13,20H,4-5,8-9H2/t13-;;12-;;/m0.0../s1. The van der Waals surface area contributed by atoms with E-state index in [-0.39, 0.29) is 44.8 Å². The van der Waals surface area contributed by atoms with E-state index >= 15 is 0 Å². The SMILES string of the molecule is COc1ccc(-c2cc(=O)n3cc(N4CCNCC4)ccc3n2)cc1OC.COc1ccc(-c2cc(=O)n3cc(N4CCN[C@@H](C)C4)ccc3n2)cc1F.C[C@H]1CN(c2ccc3nc(-c4cc(F)cc(F)c4)cc(=O)n3c2)CCN1.O=c1cc(-c2ccc3nccn3c2)nc2ccc(N3CCNCC3)cn12.O=c1cc(-c2ccn3ccnc3c2)nc2ccc(N3CCNCC3)cn12. The van der Waals surface area contributed by atoms with Crippen molar-refractivity contribution in [1.29, 1.82) is 0 Å². The molecule has 0 spiro atoms. The Hall–Kier alpha value is -15.2. The van der Waals surface area contributed by atoms with Crippen molar-refractivity contribution in [3.63, 3.8) is 0 Å². The summed E-state index contributed by atoms with van der Waals surface area (Å²) >= 11 is 0. The number of aromatic nitrogens is 14. The summed E-state index contributed by atoms with van der Waals surface area (Å²) in [4.78, 5) is 106. The lowest BCUT2D eigenvalue weighted by Gasteiger charge is -2.33. The van der Waals surface area contributed by atoms with Gasteiger partial charge in [0, 0.05) is 262 Å². The molecule has 5 fully saturated rings. The molecule has 14 aromatic heterocycles. The van der Waals surface area contributed by atoms with E-state index in [4.69, 9.17) is 14.2 Å². The predicted molar refractivity (Wildman–Crippen MR) is 506 cm³/mol. The molecule has 5 aliphatic rings. The highest BCUT2D eigenvalue weighted by atomic mass is 19.1. The van der Waals surface area contributed by atoms with Crippen LogP contribution in [-0.2, 0) is 0 Å². The molecule has 5 aliphatic heterocycles. The fourth-order valence-corrected chi connectivity index (χ4v) is 16.9. The van der Waals surface area contributed by atoms with Crippen LogP contribution in [0.5, 0.6) is 17.2 Å². The van der Waals surface area contributed by atoms with Crippen molar-refractivity contribution in [2.24, 2.45) is 0 Å². The number of rotatable bonds is 13. The minimum Gasteiger partial charge on any atom is -0.494 e. The summed E-state index contributed by atoms with van der Waals surface area (Å²) in [6.07, 6.45) is 20.4. The number of nitrogens with zero attached hydrogens (tertiary/aromatic N) is 19. The monoisotopic (exact) mass is 1780 g/mol. The van der Waals surface area contributed by atoms with Crippen LogP contribution in [0.3, 0.4) is 0 Å². The van der Waals surface area contributed by atoms with Crippen LogP contribution in [0.1, 0.15) is 13.8 Å². The Bertz CT molecular complexity index is 7250. The molecule has 0 saturated carbocycles. The van der Waals surface area contributed by atoms with Gasteiger partial charge in [0.05, 0.1) is 78.2 Å². The second-order valence-corrected chi connectivity index (χ2v) is 32.6. The zero-order valence-corrected chi connectivity index (χ0v) is 73.3. The molecule has 22 rings (SSSR count). The first kappa shape index (κ1) is 87.5. The highest BCUT2D eigenvalue weighted by Crippen LogP contribution is 2.33. The molecule has 3 aromatic carbocycles. The van der Waals surface area contributed by atoms with Crippen LogP contribution in [-0.4, -0.2) is 217 Å². The van der Waals surface area contributed by atoms with Crippen LogP contribution in [0.2, 0.25) is 0 Å². The fraction of sp³-hybridized carbons (Fsp3) is 0.258. The van der Waals surface area contributed by atoms with Gasteiger partial charge < -0.3 is 74.1 Å². The molecule has 5 saturated heterocycles. The van der Waals surface area contributed by atoms with Crippen LogP contribution in [0.25, 0.3) is 95.8 Å². The van der Waals surface area contributed by atoms with Crippen molar-refractivity contribution < 1.29 is 27.4 Å². The molecule has 0 aliphatic carbocycles. The summed E-state index contributed by atoms with van der Waals surface area (Å²) in [5, 5.41) is 16.8. The molecule has 32 nitrogen and oxygen atoms in total. The van der Waals surface area contributed by atoms with E-state index in [1.807, 2.05) is 155 Å². The van der Waals surface area contributed by atoms with E-state index in [0.717, 1.165) is 192 Å². The summed E-state index contributed by atoms with van der Waals surface area (Å²) < 4.78 is 68.2. The second kappa shape index (κ2) is 39.0. The van der Waals surface area contributed by atoms with Crippen molar-refractivity contribution in [1.82, 2.24) is 92.3 Å². The van der Waals surface area contributed by atoms with Gasteiger partial charge in [0.2, 0.25) is 0 Å². The largest absolute Gasteiger partial charge is 0.494 e. The van der Waals surface area contributed by atoms with Crippen LogP contribution >= 0.6 is 0 Å². The maximum absolute atomic E-state index is 14.0. The minimum atomic E-state index is -0.704. The molecule has 0 bridgehead atoms. The van der Waals surface area contributed by atoms with Crippen LogP contribution in [0, 0.1) is 17.5 Å². The summed E-state index contributed by atoms with van der Waals surface area (Å²) in [5.74, 6) is -0.493. The highest BCUT2D eigenvalue weighted by Gasteiger charge is 2.23. The number of hydrogen-bond donors (Lipinski definition) is 5. The van der Waals surface area contributed by atoms with E-state index in [1.165, 1.54) is 40.2 Å². The van der Waals surface area contributed by atoms with Crippen molar-refractivity contribution in [3.8, 4) is 73.5 Å². The fourth-order valence-electron chi connectivity index (χ4n) is 16.9. The molecule has 5 N–H and O–H groups in total. The lowest BCUT2D eigenvalue weighted by atomic mass is 10.1. The molecule has 0 unspecified atom stereocenters. The third kappa shape index (κ3) is 19.6. The maximum atomic E-state index is 14.0. The number of pyridine rings is 7. The van der Waals surface area contributed by atoms with Crippen molar-refractivity contribution >= 4 is 68.0 Å². The normalized spacial score (nSPS) is 15.9. The number of methoxy groups -OCH3 is 3. The molecule has 2 atom stereocenters. The summed E-state index contributed by atoms with van der Waals surface area (Å²) in [6.45, 7) is 20.9. The van der Waals surface area contributed by atoms with Gasteiger partial charge in [-0.05, 0) is 147 Å². The van der Waals surface area contributed by atoms with Gasteiger partial charge in [0.15, 0.2) is 23.1 Å². The zero-order chi connectivity index (χ0) is 91.0. The molecular weight excluding hydrogens is 1690 g/mol. The topological polar surface area (TPSA) is 310 Å². The maximum Gasteiger partial charge on any atom is 0.258 e. The third-order valence-corrected chi connectivity index (χ3v) is 23.8. The van der Waals surface area contributed by atoms with Crippen LogP contribution < -0.4 is 93.1 Å². The Balaban J connectivity index is 0.000000111. The van der Waals surface area contributed by atoms with Crippen molar-refractivity contribution in [2.75, 3.05) is 164 Å². The third-order valence-electron chi connectivity index (χ3n) is 23.8. The van der Waals surface area contributed by atoms with E-state index in [2.05, 4.69) is 99.8 Å². The Morgan fingerprint density at radius 3 is 1.05 bits per heavy atom. The van der Waals surface area contributed by atoms with E-state index in [0.29, 0.717) is 80.2 Å². The zero-order valence-electron chi connectivity index (χ0n) is 73.3. The lowest BCUT2D eigenvalue weighted by Crippen LogP contribution is -2.49. The number of hydrogen-bond acceptors (Lipinski definition) is 25. The van der Waals surface area contributed by atoms with Gasteiger partial charge in [0.25, 0.3) is 27.8 Å². The number of halogens is 3. The quantitative estimate of drug-likeness (QED) is 0.0717. The molecule has 674 valence electrons. The van der Waals surface area contributed by atoms with Gasteiger partial charge in [-0.2, -0.15) is 0 Å². The second-order valence-electron chi connectivity index (χ2n) is 32.6. The van der Waals surface area contributed by atoms with Gasteiger partial charge in [-0.1, -0.05) is 0 Å². The van der Waals surface area contributed by atoms with E-state index in [1.54, 1.807) is 76.3 Å². The molecule has 35 heteroatoms. The van der Waals surface area contributed by atoms with Crippen LogP contribution in [0.4, 0.5) is 41.6 Å². The number of nitrogens with one attached hydrogen (secondary N) is 5. The summed E-state index contributed by atoms with van der Waals surface area (Å²) in [5.41, 5.74) is 14.9. The number of fused-ring (bicyclic) bond motifs is 7. The van der Waals surface area contributed by atoms with E-state index in [9.17, 15) is 37.1 Å². The molecule has 19 heterocycles. The van der Waals surface area contributed by atoms with Gasteiger partial charge in [-0.3, -0.25) is 46.0 Å². The average Bonchev–Trinajstić information content (AvgIpc) is 1.00. The first-order valence-corrected chi connectivity index (χ1v) is 43.7. The predicted octanol–water partition coefficient (Wildman–Crippen LogP) is 9.37. The van der Waals surface area contributed by atoms with Gasteiger partial charge >= 0.3 is 0 Å². The Morgan fingerprint density at radius 2 is 0.644 bits per heavy atom. The Kier molecular flexibility index (Phi) is 25.9. The first-order valence-electron chi connectivity index (χ1n) is 43.7. The first-order chi connectivity index (χ1) is 64.3. The van der Waals surface area contributed by atoms with E-state index < -0.39 is 17.5 Å². The Labute approximate surface area is 754 Å². The number of imidazole rings is 2. The van der Waals surface area contributed by atoms with Gasteiger partial charge in [0.1, 0.15) is 51.2 Å². The smallest absolute Gasteiger partial charge is 0.258 e. The number of ether oxygens (including phenoxy) is 3. The van der Waals surface area contributed by atoms with Crippen molar-refractivity contribution in [3.05, 3.63) is 307 Å². The summed E-state index contributed by atoms with van der Waals surface area (Å²) in [7, 11) is 4.59.